The third kappa shape index (κ3) is 4.14. The topological polar surface area (TPSA) is 89.0 Å². The number of nitro benzene ring substituents is 1. The highest BCUT2D eigenvalue weighted by atomic mass is 19.4. The van der Waals surface area contributed by atoms with Gasteiger partial charge in [-0.15, -0.1) is 0 Å². The third-order valence-electron chi connectivity index (χ3n) is 5.18. The lowest BCUT2D eigenvalue weighted by molar-refractivity contribution is -0.385. The number of rotatable bonds is 4. The molecule has 1 aliphatic rings. The van der Waals surface area contributed by atoms with Gasteiger partial charge in [0.2, 0.25) is 0 Å². The number of carbonyl (C=O) groups excluding carboxylic acids is 1. The van der Waals surface area contributed by atoms with E-state index in [1.165, 1.54) is 30.3 Å². The van der Waals surface area contributed by atoms with Gasteiger partial charge in [0.1, 0.15) is 11.5 Å². The van der Waals surface area contributed by atoms with Gasteiger partial charge in [0, 0.05) is 17.2 Å². The van der Waals surface area contributed by atoms with Crippen molar-refractivity contribution in [1.29, 1.82) is 0 Å². The largest absolute Gasteiger partial charge is 0.457 e. The van der Waals surface area contributed by atoms with Crippen molar-refractivity contribution in [2.24, 2.45) is 5.10 Å². The molecule has 7 nitrogen and oxygen atoms in total. The molecule has 33 heavy (non-hydrogen) atoms. The Morgan fingerprint density at radius 2 is 1.79 bits per heavy atom. The smallest absolute Gasteiger partial charge is 0.435 e. The van der Waals surface area contributed by atoms with Gasteiger partial charge in [0.25, 0.3) is 11.6 Å². The molecular weight excluding hydrogens is 439 g/mol. The molecular formula is C23H16F3N3O4. The van der Waals surface area contributed by atoms with Crippen LogP contribution in [0, 0.1) is 24.0 Å². The van der Waals surface area contributed by atoms with Crippen molar-refractivity contribution in [3.63, 3.8) is 0 Å². The highest BCUT2D eigenvalue weighted by Crippen LogP contribution is 2.34. The van der Waals surface area contributed by atoms with Crippen LogP contribution in [0.4, 0.5) is 24.5 Å². The lowest BCUT2D eigenvalue weighted by Crippen LogP contribution is -2.25. The first-order chi connectivity index (χ1) is 15.6. The molecule has 1 aliphatic heterocycles. The van der Waals surface area contributed by atoms with E-state index in [0.717, 1.165) is 6.08 Å². The van der Waals surface area contributed by atoms with Crippen molar-refractivity contribution >= 4 is 29.1 Å². The lowest BCUT2D eigenvalue weighted by Gasteiger charge is -2.10. The number of hydrogen-bond acceptors (Lipinski definition) is 5. The molecule has 0 saturated carbocycles. The molecule has 10 heteroatoms. The zero-order valence-corrected chi connectivity index (χ0v) is 17.4. The van der Waals surface area contributed by atoms with Crippen LogP contribution >= 0.6 is 0 Å². The van der Waals surface area contributed by atoms with E-state index in [1.807, 2.05) is 0 Å². The van der Waals surface area contributed by atoms with Crippen LogP contribution in [-0.2, 0) is 4.79 Å². The minimum absolute atomic E-state index is 0.0268. The van der Waals surface area contributed by atoms with Crippen molar-refractivity contribution in [2.75, 3.05) is 5.01 Å². The van der Waals surface area contributed by atoms with Gasteiger partial charge in [-0.2, -0.15) is 23.3 Å². The van der Waals surface area contributed by atoms with Crippen LogP contribution in [0.1, 0.15) is 16.9 Å². The Kier molecular flexibility index (Phi) is 5.36. The quantitative estimate of drug-likeness (QED) is 0.282. The molecule has 0 bridgehead atoms. The van der Waals surface area contributed by atoms with Crippen molar-refractivity contribution in [1.82, 2.24) is 0 Å². The molecule has 0 fully saturated rings. The van der Waals surface area contributed by atoms with Crippen LogP contribution in [0.15, 0.2) is 69.7 Å². The van der Waals surface area contributed by atoms with E-state index in [4.69, 9.17) is 4.42 Å². The number of anilines is 1. The maximum Gasteiger partial charge on any atom is 0.435 e. The van der Waals surface area contributed by atoms with E-state index in [-0.39, 0.29) is 22.9 Å². The second kappa shape index (κ2) is 8.05. The van der Waals surface area contributed by atoms with Crippen LogP contribution < -0.4 is 5.01 Å². The highest BCUT2D eigenvalue weighted by Gasteiger charge is 2.47. The maximum atomic E-state index is 13.6. The summed E-state index contributed by atoms with van der Waals surface area (Å²) in [5.41, 5.74) is -0.363. The van der Waals surface area contributed by atoms with E-state index in [0.29, 0.717) is 21.7 Å². The normalized spacial score (nSPS) is 15.3. The van der Waals surface area contributed by atoms with Crippen LogP contribution in [-0.4, -0.2) is 22.7 Å². The van der Waals surface area contributed by atoms with E-state index in [2.05, 4.69) is 5.10 Å². The maximum absolute atomic E-state index is 13.6. The standard InChI is InChI=1S/C23H16F3N3O4/c1-13-10-15(11-19(14(13)2)29(31)32)20-9-8-17(33-20)12-18-21(23(24,25)26)27-28(22(18)30)16-6-4-3-5-7-16/h3-12H,1-2H3/b18-12-. The van der Waals surface area contributed by atoms with E-state index >= 15 is 0 Å². The number of carbonyl (C=O) groups is 1. The molecule has 0 N–H and O–H groups in total. The molecule has 168 valence electrons. The van der Waals surface area contributed by atoms with E-state index in [9.17, 15) is 28.1 Å². The first kappa shape index (κ1) is 22.0. The monoisotopic (exact) mass is 455 g/mol. The van der Waals surface area contributed by atoms with Gasteiger partial charge in [0.05, 0.1) is 16.2 Å². The summed E-state index contributed by atoms with van der Waals surface area (Å²) in [6, 6.07) is 13.6. The number of halogens is 3. The van der Waals surface area contributed by atoms with Crippen LogP contribution in [0.2, 0.25) is 0 Å². The van der Waals surface area contributed by atoms with Crippen LogP contribution in [0.5, 0.6) is 0 Å². The zero-order valence-electron chi connectivity index (χ0n) is 17.4. The number of nitro groups is 1. The van der Waals surface area contributed by atoms with Crippen molar-refractivity contribution in [2.45, 2.75) is 20.0 Å². The number of aryl methyl sites for hydroxylation is 1. The van der Waals surface area contributed by atoms with Gasteiger partial charge in [-0.05, 0) is 55.8 Å². The average molecular weight is 455 g/mol. The molecule has 2 heterocycles. The Morgan fingerprint density at radius 3 is 2.42 bits per heavy atom. The molecule has 3 aromatic rings. The second-order valence-electron chi connectivity index (χ2n) is 7.35. The summed E-state index contributed by atoms with van der Waals surface area (Å²) >= 11 is 0. The lowest BCUT2D eigenvalue weighted by atomic mass is 10.0. The van der Waals surface area contributed by atoms with Gasteiger partial charge in [-0.25, -0.2) is 0 Å². The Hall–Kier alpha value is -4.21. The summed E-state index contributed by atoms with van der Waals surface area (Å²) in [5, 5.41) is 15.5. The zero-order chi connectivity index (χ0) is 23.9. The van der Waals surface area contributed by atoms with E-state index in [1.54, 1.807) is 38.1 Å². The van der Waals surface area contributed by atoms with Crippen molar-refractivity contribution < 1.29 is 27.3 Å². The predicted molar refractivity (Wildman–Crippen MR) is 116 cm³/mol. The van der Waals surface area contributed by atoms with Gasteiger partial charge < -0.3 is 4.42 Å². The van der Waals surface area contributed by atoms with Crippen LogP contribution in [0.25, 0.3) is 17.4 Å². The number of nitrogens with zero attached hydrogens (tertiary/aromatic N) is 3. The molecule has 0 aliphatic carbocycles. The number of amides is 1. The summed E-state index contributed by atoms with van der Waals surface area (Å²) < 4.78 is 46.4. The molecule has 1 amide bonds. The van der Waals surface area contributed by atoms with Crippen molar-refractivity contribution in [3.8, 4) is 11.3 Å². The van der Waals surface area contributed by atoms with Gasteiger partial charge in [-0.1, -0.05) is 18.2 Å². The second-order valence-corrected chi connectivity index (χ2v) is 7.35. The summed E-state index contributed by atoms with van der Waals surface area (Å²) in [6.07, 6.45) is -3.90. The minimum Gasteiger partial charge on any atom is -0.457 e. The molecule has 0 atom stereocenters. The Bertz CT molecular complexity index is 1320. The Labute approximate surface area is 185 Å². The number of benzene rings is 2. The first-order valence-corrected chi connectivity index (χ1v) is 9.69. The molecule has 0 spiro atoms. The molecule has 0 saturated heterocycles. The summed E-state index contributed by atoms with van der Waals surface area (Å²) in [5.74, 6) is -0.765. The number of hydrogen-bond donors (Lipinski definition) is 0. The molecule has 2 aromatic carbocycles. The molecule has 0 radical (unpaired) electrons. The molecule has 1 aromatic heterocycles. The fourth-order valence-corrected chi connectivity index (χ4v) is 3.40. The van der Waals surface area contributed by atoms with Crippen molar-refractivity contribution in [3.05, 3.63) is 87.2 Å². The third-order valence-corrected chi connectivity index (χ3v) is 5.18. The predicted octanol–water partition coefficient (Wildman–Crippen LogP) is 5.82. The minimum atomic E-state index is -4.87. The number of hydrazone groups is 1. The molecule has 0 unspecified atom stereocenters. The first-order valence-electron chi connectivity index (χ1n) is 9.69. The Morgan fingerprint density at radius 1 is 1.09 bits per heavy atom. The number of alkyl halides is 3. The fourth-order valence-electron chi connectivity index (χ4n) is 3.40. The Balaban J connectivity index is 1.74. The molecule has 4 rings (SSSR count). The number of furan rings is 1. The summed E-state index contributed by atoms with van der Waals surface area (Å²) in [6.45, 7) is 3.33. The van der Waals surface area contributed by atoms with Gasteiger partial charge >= 0.3 is 6.18 Å². The van der Waals surface area contributed by atoms with Crippen LogP contribution in [0.3, 0.4) is 0 Å². The fraction of sp³-hybridized carbons (Fsp3) is 0.130. The SMILES string of the molecule is Cc1cc(-c2ccc(/C=C3\C(=O)N(c4ccccc4)N=C3C(F)(F)F)o2)cc([N+](=O)[O-])c1C. The highest BCUT2D eigenvalue weighted by molar-refractivity contribution is 6.34. The van der Waals surface area contributed by atoms with E-state index < -0.39 is 28.3 Å². The summed E-state index contributed by atoms with van der Waals surface area (Å²) in [7, 11) is 0. The average Bonchev–Trinajstić information content (AvgIpc) is 3.35. The number of para-hydroxylation sites is 1. The van der Waals surface area contributed by atoms with Gasteiger partial charge in [-0.3, -0.25) is 14.9 Å². The van der Waals surface area contributed by atoms with Gasteiger partial charge in [0.15, 0.2) is 5.71 Å². The summed E-state index contributed by atoms with van der Waals surface area (Å²) in [4.78, 5) is 23.6.